The van der Waals surface area contributed by atoms with Gasteiger partial charge in [0.1, 0.15) is 45.6 Å². The molecule has 0 saturated carbocycles. The lowest BCUT2D eigenvalue weighted by molar-refractivity contribution is 0.0682. The lowest BCUT2D eigenvalue weighted by Crippen LogP contribution is -2.00. The zero-order chi connectivity index (χ0) is 37.8. The summed E-state index contributed by atoms with van der Waals surface area (Å²) in [7, 11) is 0. The molecule has 0 radical (unpaired) electrons. The van der Waals surface area contributed by atoms with Crippen LogP contribution in [0.25, 0.3) is 0 Å². The second-order valence-electron chi connectivity index (χ2n) is 12.9. The third-order valence-corrected chi connectivity index (χ3v) is 9.33. The zero-order valence-corrected chi connectivity index (χ0v) is 28.3. The SMILES string of the molecule is O=C(O)c1cc(Cc2cccc(Cc3cccc(Cc4cccc(Cc5cccc(Cc6ccc(O)c(C(=O)O)c6)c5O)c4O)c3O)c2O)ccc1O. The molecule has 6 rings (SSSR count). The minimum atomic E-state index is -1.26. The Morgan fingerprint density at radius 3 is 0.849 bits per heavy atom. The molecule has 6 aromatic carbocycles. The van der Waals surface area contributed by atoms with Gasteiger partial charge in [0.25, 0.3) is 0 Å². The highest BCUT2D eigenvalue weighted by atomic mass is 16.4. The number of phenolic OH excluding ortho intramolecular Hbond substituents is 4. The minimum Gasteiger partial charge on any atom is -0.507 e. The van der Waals surface area contributed by atoms with Crippen molar-refractivity contribution < 1.29 is 50.4 Å². The summed E-state index contributed by atoms with van der Waals surface area (Å²) in [5, 5.41) is 83.4. The predicted molar refractivity (Wildman–Crippen MR) is 197 cm³/mol. The van der Waals surface area contributed by atoms with E-state index >= 15 is 0 Å². The van der Waals surface area contributed by atoms with Crippen molar-refractivity contribution >= 4 is 11.9 Å². The maximum Gasteiger partial charge on any atom is 0.339 e. The summed E-state index contributed by atoms with van der Waals surface area (Å²) >= 11 is 0. The summed E-state index contributed by atoms with van der Waals surface area (Å²) in [4.78, 5) is 22.9. The number of hydrogen-bond acceptors (Lipinski definition) is 8. The standard InChI is InChI=1S/C43H36O10/c44-36-15-13-24(19-34(36)42(50)51)17-26-5-1-7-28(38(26)46)21-30-9-3-11-32(40(30)48)23-33-12-4-10-31(41(33)49)22-29-8-2-6-27(39(29)47)18-25-14-16-37(45)35(20-25)43(52)53/h1-16,19-20,44-49H,17-18,21-23H2,(H,50,51)(H,52,53). The van der Waals surface area contributed by atoms with Gasteiger partial charge < -0.3 is 40.9 Å². The van der Waals surface area contributed by atoms with Crippen molar-refractivity contribution in [1.82, 2.24) is 0 Å². The number of hydrogen-bond donors (Lipinski definition) is 8. The maximum absolute atomic E-state index is 11.5. The van der Waals surface area contributed by atoms with Crippen LogP contribution < -0.4 is 0 Å². The number of carboxylic acid groups (broad SMARTS) is 2. The molecule has 0 fully saturated rings. The van der Waals surface area contributed by atoms with Gasteiger partial charge in [0.2, 0.25) is 0 Å². The number of aromatic carboxylic acids is 2. The van der Waals surface area contributed by atoms with E-state index in [2.05, 4.69) is 0 Å². The van der Waals surface area contributed by atoms with Gasteiger partial charge in [-0.1, -0.05) is 84.9 Å². The Morgan fingerprint density at radius 2 is 0.604 bits per heavy atom. The molecule has 10 heteroatoms. The van der Waals surface area contributed by atoms with E-state index in [1.807, 2.05) is 0 Å². The Labute approximate surface area is 304 Å². The molecule has 0 unspecified atom stereocenters. The summed E-state index contributed by atoms with van der Waals surface area (Å²) < 4.78 is 0. The molecule has 53 heavy (non-hydrogen) atoms. The number of carboxylic acids is 2. The van der Waals surface area contributed by atoms with E-state index in [1.54, 1.807) is 84.9 Å². The fraction of sp³-hybridized carbons (Fsp3) is 0.116. The molecule has 0 amide bonds. The van der Waals surface area contributed by atoms with Gasteiger partial charge in [-0.15, -0.1) is 0 Å². The van der Waals surface area contributed by atoms with Crippen LogP contribution in [-0.4, -0.2) is 52.8 Å². The van der Waals surface area contributed by atoms with Crippen LogP contribution in [-0.2, 0) is 32.1 Å². The first-order chi connectivity index (χ1) is 25.4. The van der Waals surface area contributed by atoms with Crippen LogP contribution in [0.5, 0.6) is 34.5 Å². The fourth-order valence-electron chi connectivity index (χ4n) is 6.50. The Morgan fingerprint density at radius 1 is 0.358 bits per heavy atom. The number of para-hydroxylation sites is 4. The number of rotatable bonds is 12. The van der Waals surface area contributed by atoms with Gasteiger partial charge in [-0.05, 0) is 79.9 Å². The third-order valence-electron chi connectivity index (χ3n) is 9.33. The molecule has 0 spiro atoms. The number of phenols is 6. The minimum absolute atomic E-state index is 0.00741. The van der Waals surface area contributed by atoms with Crippen LogP contribution in [0, 0.1) is 0 Å². The second-order valence-corrected chi connectivity index (χ2v) is 12.9. The molecule has 0 saturated heterocycles. The first kappa shape index (κ1) is 35.9. The Kier molecular flexibility index (Phi) is 10.2. The van der Waals surface area contributed by atoms with Crippen molar-refractivity contribution in [3.05, 3.63) is 176 Å². The molecule has 0 aliphatic heterocycles. The summed E-state index contributed by atoms with van der Waals surface area (Å²) in [6.45, 7) is 0. The zero-order valence-electron chi connectivity index (χ0n) is 28.3. The predicted octanol–water partition coefficient (Wildman–Crippen LogP) is 7.27. The van der Waals surface area contributed by atoms with Gasteiger partial charge in [-0.3, -0.25) is 0 Å². The third kappa shape index (κ3) is 7.87. The Balaban J connectivity index is 1.19. The summed E-state index contributed by atoms with van der Waals surface area (Å²) in [6.07, 6.45) is 1.01. The van der Waals surface area contributed by atoms with E-state index in [0.29, 0.717) is 55.6 Å². The van der Waals surface area contributed by atoms with E-state index < -0.39 is 11.9 Å². The highest BCUT2D eigenvalue weighted by Crippen LogP contribution is 2.36. The van der Waals surface area contributed by atoms with Gasteiger partial charge >= 0.3 is 11.9 Å². The van der Waals surface area contributed by atoms with Crippen LogP contribution in [0.15, 0.2) is 109 Å². The average Bonchev–Trinajstić information content (AvgIpc) is 3.12. The number of aromatic hydroxyl groups is 6. The quantitative estimate of drug-likeness (QED) is 0.0639. The van der Waals surface area contributed by atoms with Gasteiger partial charge in [0, 0.05) is 32.1 Å². The van der Waals surface area contributed by atoms with Crippen LogP contribution in [0.4, 0.5) is 0 Å². The Hall–Kier alpha value is -6.94. The summed E-state index contributed by atoms with van der Waals surface area (Å²) in [5.41, 5.74) is 5.11. The van der Waals surface area contributed by atoms with Crippen molar-refractivity contribution in [2.75, 3.05) is 0 Å². The van der Waals surface area contributed by atoms with Crippen molar-refractivity contribution in [3.63, 3.8) is 0 Å². The van der Waals surface area contributed by atoms with E-state index in [0.717, 1.165) is 0 Å². The van der Waals surface area contributed by atoms with E-state index in [1.165, 1.54) is 24.3 Å². The van der Waals surface area contributed by atoms with Crippen LogP contribution in [0.1, 0.15) is 76.4 Å². The normalized spacial score (nSPS) is 11.0. The lowest BCUT2D eigenvalue weighted by Gasteiger charge is -2.15. The van der Waals surface area contributed by atoms with Gasteiger partial charge in [-0.25, -0.2) is 9.59 Å². The first-order valence-electron chi connectivity index (χ1n) is 16.7. The molecule has 0 bridgehead atoms. The second kappa shape index (κ2) is 15.1. The first-order valence-corrected chi connectivity index (χ1v) is 16.7. The fourth-order valence-corrected chi connectivity index (χ4v) is 6.50. The molecule has 0 aliphatic carbocycles. The van der Waals surface area contributed by atoms with E-state index in [-0.39, 0.29) is 77.7 Å². The van der Waals surface area contributed by atoms with E-state index in [4.69, 9.17) is 0 Å². The van der Waals surface area contributed by atoms with Crippen molar-refractivity contribution in [2.45, 2.75) is 32.1 Å². The van der Waals surface area contributed by atoms with Crippen LogP contribution >= 0.6 is 0 Å². The van der Waals surface area contributed by atoms with Crippen LogP contribution in [0.2, 0.25) is 0 Å². The molecule has 0 atom stereocenters. The molecule has 0 heterocycles. The molecule has 10 nitrogen and oxygen atoms in total. The molecule has 6 aromatic rings. The summed E-state index contributed by atoms with van der Waals surface area (Å²) in [6, 6.07) is 29.5. The van der Waals surface area contributed by atoms with Crippen LogP contribution in [0.3, 0.4) is 0 Å². The molecule has 0 aromatic heterocycles. The average molecular weight is 713 g/mol. The molecular weight excluding hydrogens is 676 g/mol. The van der Waals surface area contributed by atoms with Crippen molar-refractivity contribution in [2.24, 2.45) is 0 Å². The topological polar surface area (TPSA) is 196 Å². The van der Waals surface area contributed by atoms with Crippen molar-refractivity contribution in [3.8, 4) is 34.5 Å². The lowest BCUT2D eigenvalue weighted by atomic mass is 9.93. The van der Waals surface area contributed by atoms with Gasteiger partial charge in [-0.2, -0.15) is 0 Å². The number of carbonyl (C=O) groups is 2. The molecule has 268 valence electrons. The number of benzene rings is 6. The van der Waals surface area contributed by atoms with E-state index in [9.17, 15) is 50.4 Å². The highest BCUT2D eigenvalue weighted by molar-refractivity contribution is 5.91. The molecular formula is C43H36O10. The maximum atomic E-state index is 11.5. The summed E-state index contributed by atoms with van der Waals surface area (Å²) in [5.74, 6) is -3.17. The van der Waals surface area contributed by atoms with Gasteiger partial charge in [0.05, 0.1) is 0 Å². The Bertz CT molecular complexity index is 2200. The molecule has 0 aliphatic rings. The molecule has 8 N–H and O–H groups in total. The highest BCUT2D eigenvalue weighted by Gasteiger charge is 2.18. The van der Waals surface area contributed by atoms with Gasteiger partial charge in [0.15, 0.2) is 0 Å². The largest absolute Gasteiger partial charge is 0.507 e. The van der Waals surface area contributed by atoms with Crippen molar-refractivity contribution in [1.29, 1.82) is 0 Å². The smallest absolute Gasteiger partial charge is 0.339 e. The monoisotopic (exact) mass is 712 g/mol.